The molecule has 1 aromatic carbocycles. The van der Waals surface area contributed by atoms with Gasteiger partial charge in [0, 0.05) is 23.1 Å². The van der Waals surface area contributed by atoms with Crippen LogP contribution < -0.4 is 0 Å². The first-order valence-corrected chi connectivity index (χ1v) is 7.28. The Balaban J connectivity index is 2.20. The third-order valence-corrected chi connectivity index (χ3v) is 4.12. The molecule has 102 valence electrons. The van der Waals surface area contributed by atoms with Crippen LogP contribution in [0.1, 0.15) is 35.5 Å². The lowest BCUT2D eigenvalue weighted by Gasteiger charge is -2.13. The molecule has 0 aliphatic rings. The van der Waals surface area contributed by atoms with Gasteiger partial charge in [-0.25, -0.2) is 0 Å². The summed E-state index contributed by atoms with van der Waals surface area (Å²) in [6, 6.07) is 8.02. The summed E-state index contributed by atoms with van der Waals surface area (Å²) in [6.07, 6.45) is 0.0859. The molecule has 3 nitrogen and oxygen atoms in total. The highest BCUT2D eigenvalue weighted by Crippen LogP contribution is 2.24. The monoisotopic (exact) mass is 322 g/mol. The first-order chi connectivity index (χ1) is 9.01. The molecule has 0 spiro atoms. The summed E-state index contributed by atoms with van der Waals surface area (Å²) in [5, 5.41) is 14.8. The molecule has 0 saturated heterocycles. The van der Waals surface area contributed by atoms with Crippen LogP contribution in [-0.2, 0) is 13.0 Å². The maximum atomic E-state index is 10.4. The Hall–Kier alpha value is -1.13. The molecule has 0 aliphatic heterocycles. The van der Waals surface area contributed by atoms with Crippen LogP contribution in [0.5, 0.6) is 0 Å². The van der Waals surface area contributed by atoms with Gasteiger partial charge < -0.3 is 5.11 Å². The van der Waals surface area contributed by atoms with E-state index in [4.69, 9.17) is 0 Å². The zero-order chi connectivity index (χ0) is 14.0. The molecule has 19 heavy (non-hydrogen) atoms. The van der Waals surface area contributed by atoms with Crippen molar-refractivity contribution in [2.45, 2.75) is 39.8 Å². The van der Waals surface area contributed by atoms with Crippen molar-refractivity contribution in [1.82, 2.24) is 9.78 Å². The van der Waals surface area contributed by atoms with Crippen molar-refractivity contribution in [3.8, 4) is 0 Å². The van der Waals surface area contributed by atoms with E-state index in [1.165, 1.54) is 5.56 Å². The Morgan fingerprint density at radius 3 is 2.68 bits per heavy atom. The van der Waals surface area contributed by atoms with Gasteiger partial charge in [-0.05, 0) is 44.0 Å². The molecule has 0 aliphatic carbocycles. The van der Waals surface area contributed by atoms with Crippen LogP contribution in [0.4, 0.5) is 0 Å². The normalized spacial score (nSPS) is 12.7. The summed E-state index contributed by atoms with van der Waals surface area (Å²) < 4.78 is 2.98. The molecular formula is C15H19BrN2O. The minimum absolute atomic E-state index is 0.502. The number of benzene rings is 1. The number of hydrogen-bond donors (Lipinski definition) is 1. The molecule has 0 radical (unpaired) electrons. The number of nitrogens with zero attached hydrogens (tertiary/aromatic N) is 2. The first kappa shape index (κ1) is 14.3. The van der Waals surface area contributed by atoms with E-state index < -0.39 is 6.10 Å². The molecule has 2 rings (SSSR count). The third-order valence-electron chi connectivity index (χ3n) is 3.27. The molecule has 1 aromatic heterocycles. The Labute approximate surface area is 122 Å². The standard InChI is InChI=1S/C15H19BrN2O/c1-4-18-13(7-11(3)17-18)9-15(19)12-6-5-10(2)14(16)8-12/h5-8,15,19H,4,9H2,1-3H3. The van der Waals surface area contributed by atoms with Gasteiger partial charge in [0.05, 0.1) is 11.8 Å². The minimum Gasteiger partial charge on any atom is -0.388 e. The van der Waals surface area contributed by atoms with E-state index in [9.17, 15) is 5.11 Å². The van der Waals surface area contributed by atoms with E-state index in [1.54, 1.807) is 0 Å². The Bertz CT molecular complexity index is 578. The summed E-state index contributed by atoms with van der Waals surface area (Å²) in [7, 11) is 0. The minimum atomic E-state index is -0.502. The Kier molecular flexibility index (Phi) is 4.42. The smallest absolute Gasteiger partial charge is 0.0845 e. The quantitative estimate of drug-likeness (QED) is 0.934. The van der Waals surface area contributed by atoms with Crippen molar-refractivity contribution < 1.29 is 5.11 Å². The Morgan fingerprint density at radius 1 is 1.32 bits per heavy atom. The van der Waals surface area contributed by atoms with Crippen LogP contribution in [0.15, 0.2) is 28.7 Å². The number of aliphatic hydroxyl groups is 1. The van der Waals surface area contributed by atoms with Crippen LogP contribution in [-0.4, -0.2) is 14.9 Å². The van der Waals surface area contributed by atoms with Gasteiger partial charge in [0.25, 0.3) is 0 Å². The summed E-state index contributed by atoms with van der Waals surface area (Å²) in [4.78, 5) is 0. The lowest BCUT2D eigenvalue weighted by Crippen LogP contribution is -2.08. The zero-order valence-electron chi connectivity index (χ0n) is 11.5. The molecule has 0 amide bonds. The second kappa shape index (κ2) is 5.88. The van der Waals surface area contributed by atoms with Crippen LogP contribution in [0.3, 0.4) is 0 Å². The van der Waals surface area contributed by atoms with Gasteiger partial charge in [-0.1, -0.05) is 28.1 Å². The van der Waals surface area contributed by atoms with Crippen molar-refractivity contribution in [3.05, 3.63) is 51.3 Å². The van der Waals surface area contributed by atoms with Crippen molar-refractivity contribution in [1.29, 1.82) is 0 Å². The maximum Gasteiger partial charge on any atom is 0.0845 e. The number of hydrogen-bond acceptors (Lipinski definition) is 2. The van der Waals surface area contributed by atoms with Crippen molar-refractivity contribution in [3.63, 3.8) is 0 Å². The fraction of sp³-hybridized carbons (Fsp3) is 0.400. The number of aromatic nitrogens is 2. The van der Waals surface area contributed by atoms with E-state index in [-0.39, 0.29) is 0 Å². The predicted molar refractivity (Wildman–Crippen MR) is 80.2 cm³/mol. The zero-order valence-corrected chi connectivity index (χ0v) is 13.1. The highest BCUT2D eigenvalue weighted by molar-refractivity contribution is 9.10. The van der Waals surface area contributed by atoms with Crippen LogP contribution >= 0.6 is 15.9 Å². The molecule has 0 bridgehead atoms. The largest absolute Gasteiger partial charge is 0.388 e. The molecule has 1 heterocycles. The van der Waals surface area contributed by atoms with Gasteiger partial charge in [0.2, 0.25) is 0 Å². The van der Waals surface area contributed by atoms with Crippen molar-refractivity contribution in [2.75, 3.05) is 0 Å². The SMILES string of the molecule is CCn1nc(C)cc1CC(O)c1ccc(C)c(Br)c1. The van der Waals surface area contributed by atoms with Crippen LogP contribution in [0.25, 0.3) is 0 Å². The topological polar surface area (TPSA) is 38.0 Å². The Morgan fingerprint density at radius 2 is 2.05 bits per heavy atom. The van der Waals surface area contributed by atoms with Gasteiger partial charge in [0.15, 0.2) is 0 Å². The van der Waals surface area contributed by atoms with E-state index in [0.717, 1.165) is 28.0 Å². The van der Waals surface area contributed by atoms with Crippen LogP contribution in [0.2, 0.25) is 0 Å². The average Bonchev–Trinajstić information content (AvgIpc) is 2.72. The lowest BCUT2D eigenvalue weighted by molar-refractivity contribution is 0.175. The van der Waals surface area contributed by atoms with E-state index in [2.05, 4.69) is 28.0 Å². The number of aliphatic hydroxyl groups excluding tert-OH is 1. The second-order valence-electron chi connectivity index (χ2n) is 4.82. The van der Waals surface area contributed by atoms with Gasteiger partial charge in [-0.3, -0.25) is 4.68 Å². The maximum absolute atomic E-state index is 10.4. The van der Waals surface area contributed by atoms with Crippen molar-refractivity contribution in [2.24, 2.45) is 0 Å². The summed E-state index contributed by atoms with van der Waals surface area (Å²) in [5.41, 5.74) is 4.17. The van der Waals surface area contributed by atoms with Crippen LogP contribution in [0, 0.1) is 13.8 Å². The van der Waals surface area contributed by atoms with Crippen molar-refractivity contribution >= 4 is 15.9 Å². The van der Waals surface area contributed by atoms with E-state index in [1.807, 2.05) is 42.8 Å². The molecule has 0 saturated carbocycles. The molecule has 1 unspecified atom stereocenters. The van der Waals surface area contributed by atoms with E-state index >= 15 is 0 Å². The predicted octanol–water partition coefficient (Wildman–Crippen LogP) is 3.56. The first-order valence-electron chi connectivity index (χ1n) is 6.48. The fourth-order valence-corrected chi connectivity index (χ4v) is 2.57. The third kappa shape index (κ3) is 3.25. The molecule has 1 N–H and O–H groups in total. The summed E-state index contributed by atoms with van der Waals surface area (Å²) >= 11 is 3.50. The highest BCUT2D eigenvalue weighted by Gasteiger charge is 2.13. The molecule has 1 atom stereocenters. The van der Waals surface area contributed by atoms with E-state index in [0.29, 0.717) is 6.42 Å². The summed E-state index contributed by atoms with van der Waals surface area (Å²) in [6.45, 7) is 6.90. The second-order valence-corrected chi connectivity index (χ2v) is 5.68. The number of rotatable bonds is 4. The van der Waals surface area contributed by atoms with Gasteiger partial charge in [-0.15, -0.1) is 0 Å². The molecular weight excluding hydrogens is 304 g/mol. The van der Waals surface area contributed by atoms with Gasteiger partial charge in [-0.2, -0.15) is 5.10 Å². The van der Waals surface area contributed by atoms with Gasteiger partial charge in [0.1, 0.15) is 0 Å². The number of aryl methyl sites for hydroxylation is 3. The molecule has 4 heteroatoms. The molecule has 2 aromatic rings. The average molecular weight is 323 g/mol. The lowest BCUT2D eigenvalue weighted by atomic mass is 10.0. The fourth-order valence-electron chi connectivity index (χ4n) is 2.17. The highest BCUT2D eigenvalue weighted by atomic mass is 79.9. The van der Waals surface area contributed by atoms with Gasteiger partial charge >= 0.3 is 0 Å². The number of halogens is 1. The summed E-state index contributed by atoms with van der Waals surface area (Å²) in [5.74, 6) is 0. The molecule has 0 fully saturated rings.